The Morgan fingerprint density at radius 3 is 2.55 bits per heavy atom. The van der Waals surface area contributed by atoms with Crippen molar-refractivity contribution in [1.82, 2.24) is 5.32 Å². The maximum Gasteiger partial charge on any atom is 0.137 e. The van der Waals surface area contributed by atoms with Crippen LogP contribution in [0.5, 0.6) is 0 Å². The lowest BCUT2D eigenvalue weighted by Crippen LogP contribution is -2.19. The zero-order chi connectivity index (χ0) is 14.7. The molecular formula is C15H13BrClF2N. The minimum absolute atomic E-state index is 0.0325. The molecule has 5 heteroatoms. The van der Waals surface area contributed by atoms with Crippen molar-refractivity contribution in [3.05, 3.63) is 68.7 Å². The van der Waals surface area contributed by atoms with Crippen molar-refractivity contribution in [2.75, 3.05) is 7.05 Å². The highest BCUT2D eigenvalue weighted by molar-refractivity contribution is 9.10. The fraction of sp³-hybridized carbons (Fsp3) is 0.200. The van der Waals surface area contributed by atoms with Crippen molar-refractivity contribution in [1.29, 1.82) is 0 Å². The van der Waals surface area contributed by atoms with Crippen LogP contribution in [-0.4, -0.2) is 7.05 Å². The summed E-state index contributed by atoms with van der Waals surface area (Å²) >= 11 is 9.21. The maximum absolute atomic E-state index is 13.3. The van der Waals surface area contributed by atoms with E-state index in [9.17, 15) is 8.78 Å². The van der Waals surface area contributed by atoms with E-state index in [4.69, 9.17) is 11.6 Å². The van der Waals surface area contributed by atoms with E-state index in [1.165, 1.54) is 18.2 Å². The third-order valence-electron chi connectivity index (χ3n) is 3.13. The van der Waals surface area contributed by atoms with E-state index in [2.05, 4.69) is 21.2 Å². The molecule has 1 nitrogen and oxygen atoms in total. The number of hydrogen-bond donors (Lipinski definition) is 1. The molecule has 2 aromatic rings. The first-order valence-electron chi connectivity index (χ1n) is 6.07. The molecule has 0 amide bonds. The number of hydrogen-bond acceptors (Lipinski definition) is 1. The van der Waals surface area contributed by atoms with Crippen molar-refractivity contribution >= 4 is 27.5 Å². The van der Waals surface area contributed by atoms with E-state index < -0.39 is 0 Å². The predicted molar refractivity (Wildman–Crippen MR) is 81.0 cm³/mol. The Kier molecular flexibility index (Phi) is 5.13. The molecule has 0 saturated heterocycles. The lowest BCUT2D eigenvalue weighted by Gasteiger charge is -2.18. The van der Waals surface area contributed by atoms with Crippen LogP contribution in [0.4, 0.5) is 8.78 Å². The highest BCUT2D eigenvalue weighted by Gasteiger charge is 2.14. The topological polar surface area (TPSA) is 12.0 Å². The Hall–Kier alpha value is -0.970. The SMILES string of the molecule is CNC(Cc1ccc(F)cc1Cl)c1ccc(F)c(Br)c1. The molecule has 0 aliphatic rings. The summed E-state index contributed by atoms with van der Waals surface area (Å²) < 4.78 is 26.7. The Balaban J connectivity index is 2.26. The monoisotopic (exact) mass is 359 g/mol. The van der Waals surface area contributed by atoms with Crippen LogP contribution < -0.4 is 5.32 Å². The van der Waals surface area contributed by atoms with Crippen molar-refractivity contribution in [2.24, 2.45) is 0 Å². The second kappa shape index (κ2) is 6.66. The van der Waals surface area contributed by atoms with Crippen LogP contribution >= 0.6 is 27.5 Å². The van der Waals surface area contributed by atoms with Crippen LogP contribution in [-0.2, 0) is 6.42 Å². The van der Waals surface area contributed by atoms with Gasteiger partial charge in [0.15, 0.2) is 0 Å². The van der Waals surface area contributed by atoms with Gasteiger partial charge in [0.25, 0.3) is 0 Å². The van der Waals surface area contributed by atoms with Crippen LogP contribution in [0.1, 0.15) is 17.2 Å². The van der Waals surface area contributed by atoms with Gasteiger partial charge in [-0.3, -0.25) is 0 Å². The molecule has 2 rings (SSSR count). The number of halogens is 4. The van der Waals surface area contributed by atoms with Gasteiger partial charge in [-0.05, 0) is 64.8 Å². The largest absolute Gasteiger partial charge is 0.313 e. The van der Waals surface area contributed by atoms with Crippen LogP contribution in [0.3, 0.4) is 0 Å². The zero-order valence-corrected chi connectivity index (χ0v) is 13.1. The number of benzene rings is 2. The third kappa shape index (κ3) is 3.57. The fourth-order valence-electron chi connectivity index (χ4n) is 2.02. The van der Waals surface area contributed by atoms with Crippen molar-refractivity contribution in [2.45, 2.75) is 12.5 Å². The molecule has 106 valence electrons. The second-order valence-corrected chi connectivity index (χ2v) is 5.72. The van der Waals surface area contributed by atoms with Crippen LogP contribution in [0.15, 0.2) is 40.9 Å². The smallest absolute Gasteiger partial charge is 0.137 e. The minimum Gasteiger partial charge on any atom is -0.313 e. The van der Waals surface area contributed by atoms with E-state index in [0.717, 1.165) is 11.1 Å². The minimum atomic E-state index is -0.357. The van der Waals surface area contributed by atoms with Crippen molar-refractivity contribution < 1.29 is 8.78 Å². The van der Waals surface area contributed by atoms with Crippen molar-refractivity contribution in [3.8, 4) is 0 Å². The van der Waals surface area contributed by atoms with Crippen LogP contribution in [0, 0.1) is 11.6 Å². The van der Waals surface area contributed by atoms with Gasteiger partial charge in [0.2, 0.25) is 0 Å². The summed E-state index contributed by atoms with van der Waals surface area (Å²) in [5.41, 5.74) is 1.77. The van der Waals surface area contributed by atoms with E-state index in [1.807, 2.05) is 7.05 Å². The zero-order valence-electron chi connectivity index (χ0n) is 10.8. The van der Waals surface area contributed by atoms with Gasteiger partial charge >= 0.3 is 0 Å². The van der Waals surface area contributed by atoms with E-state index in [-0.39, 0.29) is 17.7 Å². The Morgan fingerprint density at radius 2 is 1.95 bits per heavy atom. The first-order chi connectivity index (χ1) is 9.51. The predicted octanol–water partition coefficient (Wildman–Crippen LogP) is 4.88. The maximum atomic E-state index is 13.3. The molecule has 1 N–H and O–H groups in total. The normalized spacial score (nSPS) is 12.4. The molecule has 0 aliphatic heterocycles. The Labute approximate surface area is 130 Å². The highest BCUT2D eigenvalue weighted by atomic mass is 79.9. The average Bonchev–Trinajstić information content (AvgIpc) is 2.41. The first-order valence-corrected chi connectivity index (χ1v) is 7.24. The molecule has 0 aromatic heterocycles. The van der Waals surface area contributed by atoms with Crippen LogP contribution in [0.25, 0.3) is 0 Å². The third-order valence-corrected chi connectivity index (χ3v) is 4.09. The van der Waals surface area contributed by atoms with E-state index >= 15 is 0 Å². The standard InChI is InChI=1S/C15H13BrClF2N/c1-20-15(10-3-5-14(19)12(16)6-10)7-9-2-4-11(18)8-13(9)17/h2-6,8,15,20H,7H2,1H3. The Bertz CT molecular complexity index is 619. The molecule has 1 unspecified atom stereocenters. The molecule has 2 aromatic carbocycles. The second-order valence-electron chi connectivity index (χ2n) is 4.45. The lowest BCUT2D eigenvalue weighted by molar-refractivity contribution is 0.581. The number of nitrogens with one attached hydrogen (secondary N) is 1. The van der Waals surface area contributed by atoms with Gasteiger partial charge in [0.1, 0.15) is 11.6 Å². The van der Waals surface area contributed by atoms with Gasteiger partial charge in [-0.25, -0.2) is 8.78 Å². The Morgan fingerprint density at radius 1 is 1.20 bits per heavy atom. The van der Waals surface area contributed by atoms with Gasteiger partial charge in [0.05, 0.1) is 4.47 Å². The van der Waals surface area contributed by atoms with Gasteiger partial charge in [-0.1, -0.05) is 23.7 Å². The highest BCUT2D eigenvalue weighted by Crippen LogP contribution is 2.26. The van der Waals surface area contributed by atoms with E-state index in [1.54, 1.807) is 18.2 Å². The first kappa shape index (κ1) is 15.4. The average molecular weight is 361 g/mol. The molecule has 1 atom stereocenters. The van der Waals surface area contributed by atoms with Crippen molar-refractivity contribution in [3.63, 3.8) is 0 Å². The van der Waals surface area contributed by atoms with Gasteiger partial charge in [-0.15, -0.1) is 0 Å². The quantitative estimate of drug-likeness (QED) is 0.819. The molecule has 0 saturated carbocycles. The number of rotatable bonds is 4. The molecular weight excluding hydrogens is 348 g/mol. The summed E-state index contributed by atoms with van der Waals surface area (Å²) in [5, 5.41) is 3.55. The molecule has 0 fully saturated rings. The summed E-state index contributed by atoms with van der Waals surface area (Å²) in [7, 11) is 1.82. The molecule has 0 radical (unpaired) electrons. The summed E-state index contributed by atoms with van der Waals surface area (Å²) in [4.78, 5) is 0. The summed E-state index contributed by atoms with van der Waals surface area (Å²) in [6.07, 6.45) is 0.591. The number of likely N-dealkylation sites (N-methyl/N-ethyl adjacent to an activating group) is 1. The molecule has 0 aliphatic carbocycles. The molecule has 0 heterocycles. The molecule has 20 heavy (non-hydrogen) atoms. The fourth-order valence-corrected chi connectivity index (χ4v) is 2.66. The van der Waals surface area contributed by atoms with Gasteiger partial charge in [-0.2, -0.15) is 0 Å². The summed E-state index contributed by atoms with van der Waals surface area (Å²) in [5.74, 6) is -0.660. The summed E-state index contributed by atoms with van der Waals surface area (Å²) in [6.45, 7) is 0. The van der Waals surface area contributed by atoms with Crippen LogP contribution in [0.2, 0.25) is 5.02 Å². The molecule has 0 bridgehead atoms. The molecule has 0 spiro atoms. The van der Waals surface area contributed by atoms with Gasteiger partial charge < -0.3 is 5.32 Å². The summed E-state index contributed by atoms with van der Waals surface area (Å²) in [6, 6.07) is 9.18. The lowest BCUT2D eigenvalue weighted by atomic mass is 9.99. The van der Waals surface area contributed by atoms with Gasteiger partial charge in [0, 0.05) is 11.1 Å². The van der Waals surface area contributed by atoms with E-state index in [0.29, 0.717) is 15.9 Å².